The molecule has 0 spiro atoms. The normalized spacial score (nSPS) is 18.7. The summed E-state index contributed by atoms with van der Waals surface area (Å²) in [6.07, 6.45) is 0.420. The molecule has 3 nitrogen and oxygen atoms in total. The standard InChI is InChI=1S/C16H17FN2OS/c17-13-4-1-3-12(9-13)15-11-18-6-7-19(15)16(20)10-14-5-2-8-21-14/h1-5,8-9,15,18H,6-7,10-11H2. The van der Waals surface area contributed by atoms with Crippen LogP contribution in [-0.4, -0.2) is 30.4 Å². The number of piperazine rings is 1. The predicted octanol–water partition coefficient (Wildman–Crippen LogP) is 2.60. The Morgan fingerprint density at radius 3 is 3.05 bits per heavy atom. The lowest BCUT2D eigenvalue weighted by atomic mass is 10.0. The summed E-state index contributed by atoms with van der Waals surface area (Å²) in [6, 6.07) is 10.4. The summed E-state index contributed by atoms with van der Waals surface area (Å²) < 4.78 is 13.4. The van der Waals surface area contributed by atoms with Gasteiger partial charge in [-0.2, -0.15) is 0 Å². The highest BCUT2D eigenvalue weighted by atomic mass is 32.1. The van der Waals surface area contributed by atoms with Gasteiger partial charge in [0.15, 0.2) is 0 Å². The number of carbonyl (C=O) groups excluding carboxylic acids is 1. The Hall–Kier alpha value is -1.72. The van der Waals surface area contributed by atoms with Crippen LogP contribution in [-0.2, 0) is 11.2 Å². The predicted molar refractivity (Wildman–Crippen MR) is 81.7 cm³/mol. The molecular weight excluding hydrogens is 287 g/mol. The number of thiophene rings is 1. The van der Waals surface area contributed by atoms with Crippen molar-refractivity contribution in [2.24, 2.45) is 0 Å². The van der Waals surface area contributed by atoms with Crippen LogP contribution in [0.25, 0.3) is 0 Å². The van der Waals surface area contributed by atoms with E-state index in [2.05, 4.69) is 5.32 Å². The van der Waals surface area contributed by atoms with Gasteiger partial charge in [0.2, 0.25) is 5.91 Å². The Morgan fingerprint density at radius 2 is 2.29 bits per heavy atom. The number of rotatable bonds is 3. The zero-order valence-electron chi connectivity index (χ0n) is 11.6. The molecule has 5 heteroatoms. The number of halogens is 1. The van der Waals surface area contributed by atoms with Gasteiger partial charge in [0.25, 0.3) is 0 Å². The van der Waals surface area contributed by atoms with Crippen molar-refractivity contribution in [2.75, 3.05) is 19.6 Å². The van der Waals surface area contributed by atoms with Crippen LogP contribution in [0.5, 0.6) is 0 Å². The van der Waals surface area contributed by atoms with Crippen LogP contribution >= 0.6 is 11.3 Å². The highest BCUT2D eigenvalue weighted by Crippen LogP contribution is 2.24. The number of benzene rings is 1. The first kappa shape index (κ1) is 14.2. The van der Waals surface area contributed by atoms with E-state index in [0.717, 1.165) is 17.0 Å². The van der Waals surface area contributed by atoms with Crippen molar-refractivity contribution in [3.63, 3.8) is 0 Å². The second-order valence-electron chi connectivity index (χ2n) is 5.12. The first-order valence-electron chi connectivity index (χ1n) is 7.02. The van der Waals surface area contributed by atoms with Gasteiger partial charge in [-0.1, -0.05) is 18.2 Å². The lowest BCUT2D eigenvalue weighted by Crippen LogP contribution is -2.49. The number of nitrogens with one attached hydrogen (secondary N) is 1. The molecule has 1 N–H and O–H groups in total. The van der Waals surface area contributed by atoms with Crippen molar-refractivity contribution >= 4 is 17.2 Å². The van der Waals surface area contributed by atoms with Gasteiger partial charge < -0.3 is 10.2 Å². The molecule has 3 rings (SSSR count). The highest BCUT2D eigenvalue weighted by molar-refractivity contribution is 7.10. The monoisotopic (exact) mass is 304 g/mol. The van der Waals surface area contributed by atoms with Crippen molar-refractivity contribution in [2.45, 2.75) is 12.5 Å². The minimum absolute atomic E-state index is 0.0955. The van der Waals surface area contributed by atoms with Crippen molar-refractivity contribution in [3.8, 4) is 0 Å². The first-order valence-corrected chi connectivity index (χ1v) is 7.90. The molecule has 2 heterocycles. The third kappa shape index (κ3) is 3.31. The Bertz CT molecular complexity index is 614. The number of nitrogens with zero attached hydrogens (tertiary/aromatic N) is 1. The molecule has 21 heavy (non-hydrogen) atoms. The molecule has 2 aromatic rings. The fourth-order valence-electron chi connectivity index (χ4n) is 2.68. The molecule has 0 radical (unpaired) electrons. The molecule has 1 aromatic carbocycles. The summed E-state index contributed by atoms with van der Waals surface area (Å²) in [6.45, 7) is 2.10. The van der Waals surface area contributed by atoms with E-state index in [4.69, 9.17) is 0 Å². The van der Waals surface area contributed by atoms with Gasteiger partial charge in [-0.05, 0) is 29.1 Å². The maximum atomic E-state index is 13.4. The largest absolute Gasteiger partial charge is 0.333 e. The van der Waals surface area contributed by atoms with E-state index in [9.17, 15) is 9.18 Å². The lowest BCUT2D eigenvalue weighted by Gasteiger charge is -2.36. The molecule has 1 aliphatic heterocycles. The van der Waals surface area contributed by atoms with E-state index in [-0.39, 0.29) is 17.8 Å². The minimum atomic E-state index is -0.260. The second kappa shape index (κ2) is 6.37. The Morgan fingerprint density at radius 1 is 1.38 bits per heavy atom. The molecule has 0 aliphatic carbocycles. The van der Waals surface area contributed by atoms with E-state index in [0.29, 0.717) is 19.5 Å². The molecule has 1 fully saturated rings. The zero-order valence-corrected chi connectivity index (χ0v) is 12.4. The Balaban J connectivity index is 1.79. The third-order valence-electron chi connectivity index (χ3n) is 3.70. The fourth-order valence-corrected chi connectivity index (χ4v) is 3.37. The molecule has 0 bridgehead atoms. The molecule has 0 saturated carbocycles. The highest BCUT2D eigenvalue weighted by Gasteiger charge is 2.28. The first-order chi connectivity index (χ1) is 10.2. The lowest BCUT2D eigenvalue weighted by molar-refractivity contribution is -0.133. The average Bonchev–Trinajstić information content (AvgIpc) is 3.00. The summed E-state index contributed by atoms with van der Waals surface area (Å²) in [5.41, 5.74) is 0.849. The third-order valence-corrected chi connectivity index (χ3v) is 4.58. The number of amides is 1. The van der Waals surface area contributed by atoms with E-state index in [1.54, 1.807) is 17.4 Å². The van der Waals surface area contributed by atoms with Gasteiger partial charge in [0.1, 0.15) is 5.82 Å². The van der Waals surface area contributed by atoms with Crippen LogP contribution in [0.3, 0.4) is 0 Å². The summed E-state index contributed by atoms with van der Waals surface area (Å²) in [7, 11) is 0. The van der Waals surface area contributed by atoms with Gasteiger partial charge in [-0.25, -0.2) is 4.39 Å². The van der Waals surface area contributed by atoms with Crippen molar-refractivity contribution in [1.82, 2.24) is 10.2 Å². The minimum Gasteiger partial charge on any atom is -0.333 e. The van der Waals surface area contributed by atoms with Crippen LogP contribution in [0.4, 0.5) is 4.39 Å². The van der Waals surface area contributed by atoms with Crippen LogP contribution in [0, 0.1) is 5.82 Å². The molecule has 110 valence electrons. The Labute approximate surface area is 127 Å². The molecule has 1 amide bonds. The maximum absolute atomic E-state index is 13.4. The molecular formula is C16H17FN2OS. The molecule has 1 aliphatic rings. The smallest absolute Gasteiger partial charge is 0.228 e. The fraction of sp³-hybridized carbons (Fsp3) is 0.312. The number of carbonyl (C=O) groups is 1. The van der Waals surface area contributed by atoms with Gasteiger partial charge in [-0.3, -0.25) is 4.79 Å². The topological polar surface area (TPSA) is 32.3 Å². The number of hydrogen-bond donors (Lipinski definition) is 1. The van der Waals surface area contributed by atoms with E-state index < -0.39 is 0 Å². The number of hydrogen-bond acceptors (Lipinski definition) is 3. The molecule has 1 unspecified atom stereocenters. The van der Waals surface area contributed by atoms with Crippen molar-refractivity contribution in [1.29, 1.82) is 0 Å². The van der Waals surface area contributed by atoms with Crippen molar-refractivity contribution < 1.29 is 9.18 Å². The Kier molecular flexibility index (Phi) is 4.31. The van der Waals surface area contributed by atoms with Crippen LogP contribution in [0.2, 0.25) is 0 Å². The van der Waals surface area contributed by atoms with Crippen LogP contribution in [0.1, 0.15) is 16.5 Å². The average molecular weight is 304 g/mol. The van der Waals surface area contributed by atoms with Crippen molar-refractivity contribution in [3.05, 3.63) is 58.0 Å². The maximum Gasteiger partial charge on any atom is 0.228 e. The van der Waals surface area contributed by atoms with E-state index in [1.165, 1.54) is 12.1 Å². The molecule has 1 atom stereocenters. The zero-order chi connectivity index (χ0) is 14.7. The summed E-state index contributed by atoms with van der Waals surface area (Å²) in [5.74, 6) is -0.156. The van der Waals surface area contributed by atoms with Gasteiger partial charge in [0.05, 0.1) is 12.5 Å². The molecule has 1 aromatic heterocycles. The van der Waals surface area contributed by atoms with Crippen LogP contribution < -0.4 is 5.32 Å². The summed E-state index contributed by atoms with van der Waals surface area (Å²) in [5, 5.41) is 5.26. The van der Waals surface area contributed by atoms with E-state index in [1.807, 2.05) is 28.5 Å². The second-order valence-corrected chi connectivity index (χ2v) is 6.15. The van der Waals surface area contributed by atoms with Gasteiger partial charge in [-0.15, -0.1) is 11.3 Å². The summed E-state index contributed by atoms with van der Waals surface area (Å²) >= 11 is 1.59. The molecule has 1 saturated heterocycles. The van der Waals surface area contributed by atoms with E-state index >= 15 is 0 Å². The SMILES string of the molecule is O=C(Cc1cccs1)N1CCNCC1c1cccc(F)c1. The van der Waals surface area contributed by atoms with Crippen LogP contribution in [0.15, 0.2) is 41.8 Å². The van der Waals surface area contributed by atoms with Gasteiger partial charge >= 0.3 is 0 Å². The quantitative estimate of drug-likeness (QED) is 0.945. The summed E-state index contributed by atoms with van der Waals surface area (Å²) in [4.78, 5) is 15.5. The van der Waals surface area contributed by atoms with Gasteiger partial charge in [0, 0.05) is 24.5 Å².